The summed E-state index contributed by atoms with van der Waals surface area (Å²) in [6, 6.07) is 0.391. The maximum Gasteiger partial charge on any atom is 0.00671 e. The Morgan fingerprint density at radius 2 is 1.67 bits per heavy atom. The van der Waals surface area contributed by atoms with Crippen LogP contribution in [-0.4, -0.2) is 6.04 Å². The standard InChI is InChI=1S/C11H23N/c1-9(2)8-11(10(3)12)6-4-5-7-11/h9-10H,4-8,12H2,1-3H3. The average Bonchev–Trinajstić information content (AvgIpc) is 2.35. The van der Waals surface area contributed by atoms with Gasteiger partial charge in [-0.3, -0.25) is 0 Å². The summed E-state index contributed by atoms with van der Waals surface area (Å²) in [4.78, 5) is 0. The number of nitrogens with two attached hydrogens (primary N) is 1. The number of rotatable bonds is 3. The van der Waals surface area contributed by atoms with E-state index in [1.165, 1.54) is 32.1 Å². The van der Waals surface area contributed by atoms with Crippen LogP contribution in [0.2, 0.25) is 0 Å². The molecule has 0 aromatic carbocycles. The minimum absolute atomic E-state index is 0.391. The van der Waals surface area contributed by atoms with Crippen LogP contribution in [-0.2, 0) is 0 Å². The summed E-state index contributed by atoms with van der Waals surface area (Å²) in [5, 5.41) is 0. The van der Waals surface area contributed by atoms with Gasteiger partial charge in [-0.25, -0.2) is 0 Å². The van der Waals surface area contributed by atoms with Crippen LogP contribution in [0.25, 0.3) is 0 Å². The monoisotopic (exact) mass is 169 g/mol. The van der Waals surface area contributed by atoms with E-state index in [2.05, 4.69) is 20.8 Å². The Kier molecular flexibility index (Phi) is 3.16. The van der Waals surface area contributed by atoms with E-state index in [1.54, 1.807) is 0 Å². The molecule has 72 valence electrons. The number of hydrogen-bond acceptors (Lipinski definition) is 1. The molecule has 0 radical (unpaired) electrons. The molecule has 2 N–H and O–H groups in total. The zero-order chi connectivity index (χ0) is 9.19. The molecule has 1 nitrogen and oxygen atoms in total. The minimum atomic E-state index is 0.391. The van der Waals surface area contributed by atoms with Gasteiger partial charge in [0.25, 0.3) is 0 Å². The summed E-state index contributed by atoms with van der Waals surface area (Å²) in [7, 11) is 0. The normalized spacial score (nSPS) is 24.8. The Bertz CT molecular complexity index is 132. The molecule has 0 amide bonds. The average molecular weight is 169 g/mol. The van der Waals surface area contributed by atoms with E-state index in [-0.39, 0.29) is 0 Å². The highest BCUT2D eigenvalue weighted by Gasteiger charge is 2.37. The molecule has 1 aliphatic rings. The number of hydrogen-bond donors (Lipinski definition) is 1. The van der Waals surface area contributed by atoms with E-state index in [9.17, 15) is 0 Å². The first-order valence-corrected chi connectivity index (χ1v) is 5.32. The first-order valence-electron chi connectivity index (χ1n) is 5.32. The lowest BCUT2D eigenvalue weighted by Gasteiger charge is -2.34. The van der Waals surface area contributed by atoms with Crippen LogP contribution in [0.3, 0.4) is 0 Å². The van der Waals surface area contributed by atoms with Gasteiger partial charge in [-0.05, 0) is 37.5 Å². The summed E-state index contributed by atoms with van der Waals surface area (Å²) >= 11 is 0. The van der Waals surface area contributed by atoms with Crippen molar-refractivity contribution in [3.63, 3.8) is 0 Å². The van der Waals surface area contributed by atoms with Crippen molar-refractivity contribution in [2.24, 2.45) is 17.1 Å². The van der Waals surface area contributed by atoms with Crippen molar-refractivity contribution >= 4 is 0 Å². The van der Waals surface area contributed by atoms with Gasteiger partial charge in [0.1, 0.15) is 0 Å². The van der Waals surface area contributed by atoms with Crippen LogP contribution < -0.4 is 5.73 Å². The second-order valence-electron chi connectivity index (χ2n) is 4.96. The van der Waals surface area contributed by atoms with Crippen molar-refractivity contribution in [1.82, 2.24) is 0 Å². The van der Waals surface area contributed by atoms with Gasteiger partial charge >= 0.3 is 0 Å². The molecule has 1 heteroatoms. The van der Waals surface area contributed by atoms with Crippen LogP contribution >= 0.6 is 0 Å². The Morgan fingerprint density at radius 3 is 2.00 bits per heavy atom. The molecule has 0 aromatic rings. The van der Waals surface area contributed by atoms with Crippen LogP contribution in [0.15, 0.2) is 0 Å². The van der Waals surface area contributed by atoms with Crippen LogP contribution in [0.1, 0.15) is 52.9 Å². The third-order valence-corrected chi connectivity index (χ3v) is 3.38. The molecule has 0 aliphatic heterocycles. The second-order valence-corrected chi connectivity index (χ2v) is 4.96. The molecular formula is C11H23N. The summed E-state index contributed by atoms with van der Waals surface area (Å²) in [6.07, 6.45) is 6.85. The smallest absolute Gasteiger partial charge is 0.00671 e. The molecule has 0 aromatic heterocycles. The fourth-order valence-corrected chi connectivity index (χ4v) is 2.74. The predicted molar refractivity (Wildman–Crippen MR) is 54.0 cm³/mol. The molecule has 1 atom stereocenters. The molecule has 12 heavy (non-hydrogen) atoms. The van der Waals surface area contributed by atoms with Gasteiger partial charge in [-0.1, -0.05) is 26.7 Å². The van der Waals surface area contributed by atoms with Gasteiger partial charge < -0.3 is 5.73 Å². The second kappa shape index (κ2) is 3.78. The van der Waals surface area contributed by atoms with Gasteiger partial charge in [-0.15, -0.1) is 0 Å². The maximum absolute atomic E-state index is 6.08. The van der Waals surface area contributed by atoms with E-state index >= 15 is 0 Å². The molecule has 0 heterocycles. The van der Waals surface area contributed by atoms with Gasteiger partial charge in [-0.2, -0.15) is 0 Å². The maximum atomic E-state index is 6.08. The zero-order valence-electron chi connectivity index (χ0n) is 8.77. The largest absolute Gasteiger partial charge is 0.327 e. The minimum Gasteiger partial charge on any atom is -0.327 e. The Balaban J connectivity index is 2.59. The van der Waals surface area contributed by atoms with Gasteiger partial charge in [0, 0.05) is 6.04 Å². The highest BCUT2D eigenvalue weighted by Crippen LogP contribution is 2.44. The van der Waals surface area contributed by atoms with Gasteiger partial charge in [0.2, 0.25) is 0 Å². The molecule has 1 saturated carbocycles. The SMILES string of the molecule is CC(C)CC1(C(C)N)CCCC1. The van der Waals surface area contributed by atoms with Crippen LogP contribution in [0.5, 0.6) is 0 Å². The van der Waals surface area contributed by atoms with Crippen molar-refractivity contribution in [1.29, 1.82) is 0 Å². The predicted octanol–water partition coefficient (Wildman–Crippen LogP) is 2.94. The van der Waals surface area contributed by atoms with E-state index in [0.717, 1.165) is 5.92 Å². The summed E-state index contributed by atoms with van der Waals surface area (Å²) in [5.74, 6) is 0.800. The lowest BCUT2D eigenvalue weighted by molar-refractivity contribution is 0.193. The molecular weight excluding hydrogens is 146 g/mol. The lowest BCUT2D eigenvalue weighted by Crippen LogP contribution is -2.38. The summed E-state index contributed by atoms with van der Waals surface area (Å²) in [5.41, 5.74) is 6.58. The molecule has 1 unspecified atom stereocenters. The van der Waals surface area contributed by atoms with Crippen LogP contribution in [0, 0.1) is 11.3 Å². The first kappa shape index (κ1) is 10.0. The van der Waals surface area contributed by atoms with E-state index < -0.39 is 0 Å². The Hall–Kier alpha value is -0.0400. The van der Waals surface area contributed by atoms with E-state index in [4.69, 9.17) is 5.73 Å². The topological polar surface area (TPSA) is 26.0 Å². The molecule has 0 spiro atoms. The highest BCUT2D eigenvalue weighted by atomic mass is 14.7. The van der Waals surface area contributed by atoms with Gasteiger partial charge in [0.05, 0.1) is 0 Å². The first-order chi connectivity index (χ1) is 5.57. The zero-order valence-corrected chi connectivity index (χ0v) is 8.77. The van der Waals surface area contributed by atoms with Crippen molar-refractivity contribution in [3.05, 3.63) is 0 Å². The Labute approximate surface area is 76.7 Å². The third kappa shape index (κ3) is 2.01. The molecule has 0 saturated heterocycles. The highest BCUT2D eigenvalue weighted by molar-refractivity contribution is 4.91. The van der Waals surface area contributed by atoms with Crippen molar-refractivity contribution in [3.8, 4) is 0 Å². The summed E-state index contributed by atoms with van der Waals surface area (Å²) in [6.45, 7) is 6.80. The molecule has 0 bridgehead atoms. The van der Waals surface area contributed by atoms with Crippen molar-refractivity contribution in [2.45, 2.75) is 58.9 Å². The summed E-state index contributed by atoms with van der Waals surface area (Å²) < 4.78 is 0. The van der Waals surface area contributed by atoms with E-state index in [1.807, 2.05) is 0 Å². The molecule has 1 fully saturated rings. The molecule has 1 rings (SSSR count). The Morgan fingerprint density at radius 1 is 1.17 bits per heavy atom. The fourth-order valence-electron chi connectivity index (χ4n) is 2.74. The van der Waals surface area contributed by atoms with Crippen molar-refractivity contribution < 1.29 is 0 Å². The molecule has 1 aliphatic carbocycles. The van der Waals surface area contributed by atoms with Gasteiger partial charge in [0.15, 0.2) is 0 Å². The lowest BCUT2D eigenvalue weighted by atomic mass is 9.74. The fraction of sp³-hybridized carbons (Fsp3) is 1.00. The van der Waals surface area contributed by atoms with Crippen molar-refractivity contribution in [2.75, 3.05) is 0 Å². The quantitative estimate of drug-likeness (QED) is 0.690. The third-order valence-electron chi connectivity index (χ3n) is 3.38. The van der Waals surface area contributed by atoms with Crippen LogP contribution in [0.4, 0.5) is 0 Å². The van der Waals surface area contributed by atoms with E-state index in [0.29, 0.717) is 11.5 Å².